The number of thiazole rings is 1. The normalized spacial score (nSPS) is 15.7. The van der Waals surface area contributed by atoms with E-state index >= 15 is 0 Å². The van der Waals surface area contributed by atoms with E-state index in [-0.39, 0.29) is 11.8 Å². The van der Waals surface area contributed by atoms with Gasteiger partial charge in [-0.05, 0) is 25.8 Å². The van der Waals surface area contributed by atoms with Gasteiger partial charge in [-0.3, -0.25) is 4.79 Å². The Morgan fingerprint density at radius 1 is 1.28 bits per heavy atom. The van der Waals surface area contributed by atoms with Crippen molar-refractivity contribution in [2.45, 2.75) is 25.7 Å². The minimum absolute atomic E-state index is 0.0735. The molecule has 1 amide bonds. The zero-order chi connectivity index (χ0) is 17.4. The summed E-state index contributed by atoms with van der Waals surface area (Å²) in [7, 11) is 1.59. The number of aryl methyl sites for hydroxylation is 1. The van der Waals surface area contributed by atoms with Crippen molar-refractivity contribution in [3.8, 4) is 5.88 Å². The third-order valence-corrected chi connectivity index (χ3v) is 5.48. The Bertz CT molecular complexity index is 912. The van der Waals surface area contributed by atoms with Gasteiger partial charge in [0.05, 0.1) is 18.3 Å². The predicted molar refractivity (Wildman–Crippen MR) is 92.1 cm³/mol. The molecule has 4 rings (SSSR count). The Balaban J connectivity index is 1.50. The summed E-state index contributed by atoms with van der Waals surface area (Å²) in [6, 6.07) is 3.61. The second-order valence-electron chi connectivity index (χ2n) is 6.04. The standard InChI is InChI=1S/C16H18N6O2S/c1-10-14(25-9-17-10)16(23)21-7-5-11(6-8-21)15-19-18-12-3-4-13(24-2)20-22(12)15/h3-4,9,11H,5-8H2,1-2H3. The fourth-order valence-electron chi connectivity index (χ4n) is 3.14. The van der Waals surface area contributed by atoms with Crippen LogP contribution in [0.1, 0.15) is 39.9 Å². The van der Waals surface area contributed by atoms with Crippen LogP contribution >= 0.6 is 11.3 Å². The predicted octanol–water partition coefficient (Wildman–Crippen LogP) is 1.92. The quantitative estimate of drug-likeness (QED) is 0.711. The maximum absolute atomic E-state index is 12.6. The van der Waals surface area contributed by atoms with E-state index < -0.39 is 0 Å². The number of rotatable bonds is 3. The van der Waals surface area contributed by atoms with Crippen LogP contribution in [0.4, 0.5) is 0 Å². The number of likely N-dealkylation sites (tertiary alicyclic amines) is 1. The van der Waals surface area contributed by atoms with Crippen LogP contribution in [-0.4, -0.2) is 55.8 Å². The molecule has 0 aliphatic carbocycles. The number of ether oxygens (including phenoxy) is 1. The van der Waals surface area contributed by atoms with Gasteiger partial charge in [0, 0.05) is 25.1 Å². The number of piperidine rings is 1. The van der Waals surface area contributed by atoms with Crippen molar-refractivity contribution in [2.75, 3.05) is 20.2 Å². The van der Waals surface area contributed by atoms with Crippen LogP contribution in [0, 0.1) is 6.92 Å². The van der Waals surface area contributed by atoms with Gasteiger partial charge >= 0.3 is 0 Å². The lowest BCUT2D eigenvalue weighted by Gasteiger charge is -2.30. The van der Waals surface area contributed by atoms with Gasteiger partial charge in [-0.1, -0.05) is 0 Å². The smallest absolute Gasteiger partial charge is 0.265 e. The summed E-state index contributed by atoms with van der Waals surface area (Å²) in [6.45, 7) is 3.26. The van der Waals surface area contributed by atoms with Crippen molar-refractivity contribution in [1.82, 2.24) is 29.7 Å². The Kier molecular flexibility index (Phi) is 4.08. The van der Waals surface area contributed by atoms with Crippen LogP contribution in [0.5, 0.6) is 5.88 Å². The van der Waals surface area contributed by atoms with Gasteiger partial charge in [-0.2, -0.15) is 4.52 Å². The van der Waals surface area contributed by atoms with E-state index in [1.165, 1.54) is 11.3 Å². The second kappa shape index (κ2) is 6.40. The number of methoxy groups -OCH3 is 1. The van der Waals surface area contributed by atoms with Crippen molar-refractivity contribution in [1.29, 1.82) is 0 Å². The molecule has 0 radical (unpaired) electrons. The maximum Gasteiger partial charge on any atom is 0.265 e. The molecule has 25 heavy (non-hydrogen) atoms. The highest BCUT2D eigenvalue weighted by molar-refractivity contribution is 7.11. The summed E-state index contributed by atoms with van der Waals surface area (Å²) in [5.41, 5.74) is 3.22. The van der Waals surface area contributed by atoms with E-state index in [2.05, 4.69) is 20.3 Å². The van der Waals surface area contributed by atoms with Crippen molar-refractivity contribution < 1.29 is 9.53 Å². The van der Waals surface area contributed by atoms with E-state index in [0.717, 1.165) is 29.2 Å². The molecule has 0 N–H and O–H groups in total. The Morgan fingerprint density at radius 3 is 2.76 bits per heavy atom. The Morgan fingerprint density at radius 2 is 2.08 bits per heavy atom. The van der Waals surface area contributed by atoms with E-state index in [1.807, 2.05) is 17.9 Å². The number of hydrogen-bond donors (Lipinski definition) is 0. The minimum Gasteiger partial charge on any atom is -0.480 e. The van der Waals surface area contributed by atoms with Gasteiger partial charge < -0.3 is 9.64 Å². The molecule has 4 heterocycles. The fraction of sp³-hybridized carbons (Fsp3) is 0.438. The van der Waals surface area contributed by atoms with Crippen LogP contribution in [0.25, 0.3) is 5.65 Å². The summed E-state index contributed by atoms with van der Waals surface area (Å²) in [4.78, 5) is 19.4. The molecule has 0 bridgehead atoms. The van der Waals surface area contributed by atoms with E-state index in [0.29, 0.717) is 24.6 Å². The number of nitrogens with zero attached hydrogens (tertiary/aromatic N) is 6. The van der Waals surface area contributed by atoms with Crippen molar-refractivity contribution in [3.05, 3.63) is 34.0 Å². The Labute approximate surface area is 148 Å². The third kappa shape index (κ3) is 2.84. The third-order valence-electron chi connectivity index (χ3n) is 4.56. The zero-order valence-electron chi connectivity index (χ0n) is 14.0. The number of amides is 1. The molecule has 0 atom stereocenters. The average molecular weight is 358 g/mol. The highest BCUT2D eigenvalue weighted by Gasteiger charge is 2.29. The highest BCUT2D eigenvalue weighted by Crippen LogP contribution is 2.28. The molecule has 3 aromatic heterocycles. The van der Waals surface area contributed by atoms with Crippen molar-refractivity contribution in [3.63, 3.8) is 0 Å². The molecule has 3 aromatic rings. The second-order valence-corrected chi connectivity index (χ2v) is 6.89. The van der Waals surface area contributed by atoms with E-state index in [9.17, 15) is 4.79 Å². The molecule has 1 saturated heterocycles. The largest absolute Gasteiger partial charge is 0.480 e. The van der Waals surface area contributed by atoms with Crippen LogP contribution in [0.2, 0.25) is 0 Å². The molecule has 0 unspecified atom stereocenters. The lowest BCUT2D eigenvalue weighted by atomic mass is 9.96. The topological polar surface area (TPSA) is 85.5 Å². The first-order valence-electron chi connectivity index (χ1n) is 8.13. The molecule has 9 heteroatoms. The number of carbonyl (C=O) groups is 1. The van der Waals surface area contributed by atoms with Gasteiger partial charge in [0.25, 0.3) is 5.91 Å². The zero-order valence-corrected chi connectivity index (χ0v) is 14.9. The molecule has 8 nitrogen and oxygen atoms in total. The lowest BCUT2D eigenvalue weighted by molar-refractivity contribution is 0.0714. The SMILES string of the molecule is COc1ccc2nnc(C3CCN(C(=O)c4scnc4C)CC3)n2n1. The molecule has 0 saturated carbocycles. The fourth-order valence-corrected chi connectivity index (χ4v) is 3.91. The first kappa shape index (κ1) is 15.9. The molecule has 1 fully saturated rings. The van der Waals surface area contributed by atoms with Crippen molar-refractivity contribution >= 4 is 22.9 Å². The van der Waals surface area contributed by atoms with Gasteiger partial charge in [0.2, 0.25) is 5.88 Å². The lowest BCUT2D eigenvalue weighted by Crippen LogP contribution is -2.38. The van der Waals surface area contributed by atoms with E-state index in [4.69, 9.17) is 4.74 Å². The molecule has 1 aliphatic heterocycles. The number of hydrogen-bond acceptors (Lipinski definition) is 7. The maximum atomic E-state index is 12.6. The first-order chi connectivity index (χ1) is 12.2. The molecular formula is C16H18N6O2S. The summed E-state index contributed by atoms with van der Waals surface area (Å²) in [5.74, 6) is 1.65. The summed E-state index contributed by atoms with van der Waals surface area (Å²) < 4.78 is 6.93. The number of aromatic nitrogens is 5. The number of carbonyl (C=O) groups excluding carboxylic acids is 1. The van der Waals surface area contributed by atoms with Crippen LogP contribution in [0.3, 0.4) is 0 Å². The van der Waals surface area contributed by atoms with Gasteiger partial charge in [0.15, 0.2) is 11.5 Å². The molecule has 0 aromatic carbocycles. The monoisotopic (exact) mass is 358 g/mol. The summed E-state index contributed by atoms with van der Waals surface area (Å²) >= 11 is 1.40. The Hall–Kier alpha value is -2.55. The number of fused-ring (bicyclic) bond motifs is 1. The van der Waals surface area contributed by atoms with Gasteiger partial charge in [-0.25, -0.2) is 4.98 Å². The van der Waals surface area contributed by atoms with Crippen molar-refractivity contribution in [2.24, 2.45) is 0 Å². The van der Waals surface area contributed by atoms with E-state index in [1.54, 1.807) is 23.2 Å². The highest BCUT2D eigenvalue weighted by atomic mass is 32.1. The molecule has 130 valence electrons. The first-order valence-corrected chi connectivity index (χ1v) is 9.01. The van der Waals surface area contributed by atoms with Crippen LogP contribution in [-0.2, 0) is 0 Å². The molecule has 0 spiro atoms. The van der Waals surface area contributed by atoms with Gasteiger partial charge in [0.1, 0.15) is 4.88 Å². The average Bonchev–Trinajstić information content (AvgIpc) is 3.26. The summed E-state index contributed by atoms with van der Waals surface area (Å²) in [6.07, 6.45) is 1.67. The molecule has 1 aliphatic rings. The van der Waals surface area contributed by atoms with Crippen LogP contribution in [0.15, 0.2) is 17.6 Å². The van der Waals surface area contributed by atoms with Gasteiger partial charge in [-0.15, -0.1) is 26.6 Å². The summed E-state index contributed by atoms with van der Waals surface area (Å²) in [5, 5.41) is 12.9. The molecular weight excluding hydrogens is 340 g/mol. The van der Waals surface area contributed by atoms with Crippen LogP contribution < -0.4 is 4.74 Å². The minimum atomic E-state index is 0.0735.